The molecule has 15 heavy (non-hydrogen) atoms. The zero-order valence-electron chi connectivity index (χ0n) is 8.15. The minimum absolute atomic E-state index is 0.0444. The lowest BCUT2D eigenvalue weighted by Crippen LogP contribution is -2.17. The first-order valence-corrected chi connectivity index (χ1v) is 5.25. The van der Waals surface area contributed by atoms with Crippen LogP contribution in [-0.4, -0.2) is 18.0 Å². The van der Waals surface area contributed by atoms with E-state index in [9.17, 15) is 10.1 Å². The maximum Gasteiger partial charge on any atom is 0.271 e. The average molecular weight is 227 g/mol. The number of nitrogens with zero attached hydrogens (tertiary/aromatic N) is 2. The third-order valence-electron chi connectivity index (χ3n) is 2.59. The van der Waals surface area contributed by atoms with Crippen LogP contribution in [-0.2, 0) is 0 Å². The molecule has 0 aliphatic carbocycles. The van der Waals surface area contributed by atoms with Crippen LogP contribution < -0.4 is 4.90 Å². The number of anilines is 1. The van der Waals surface area contributed by atoms with Gasteiger partial charge in [0.1, 0.15) is 0 Å². The largest absolute Gasteiger partial charge is 0.370 e. The second-order valence-electron chi connectivity index (χ2n) is 3.59. The summed E-state index contributed by atoms with van der Waals surface area (Å²) in [5.41, 5.74) is 0.947. The van der Waals surface area contributed by atoms with Crippen LogP contribution in [0.4, 0.5) is 11.4 Å². The summed E-state index contributed by atoms with van der Waals surface area (Å²) in [7, 11) is 0. The third-order valence-corrected chi connectivity index (χ3v) is 2.89. The van der Waals surface area contributed by atoms with Gasteiger partial charge in [0.25, 0.3) is 5.69 Å². The first kappa shape index (κ1) is 10.2. The van der Waals surface area contributed by atoms with Crippen molar-refractivity contribution >= 4 is 23.0 Å². The Kier molecular flexibility index (Phi) is 2.77. The van der Waals surface area contributed by atoms with Crippen molar-refractivity contribution in [3.63, 3.8) is 0 Å². The highest BCUT2D eigenvalue weighted by Gasteiger charge is 2.17. The minimum Gasteiger partial charge on any atom is -0.370 e. The van der Waals surface area contributed by atoms with E-state index in [1.54, 1.807) is 6.07 Å². The number of hydrogen-bond donors (Lipinski definition) is 0. The molecule has 1 aromatic rings. The highest BCUT2D eigenvalue weighted by Crippen LogP contribution is 2.31. The van der Waals surface area contributed by atoms with Gasteiger partial charge >= 0.3 is 0 Å². The molecular weight excluding hydrogens is 216 g/mol. The van der Waals surface area contributed by atoms with Crippen LogP contribution in [0.2, 0.25) is 5.02 Å². The fourth-order valence-electron chi connectivity index (χ4n) is 1.82. The molecule has 1 aliphatic heterocycles. The number of benzene rings is 1. The lowest BCUT2D eigenvalue weighted by atomic mass is 10.2. The van der Waals surface area contributed by atoms with Crippen molar-refractivity contribution in [3.8, 4) is 0 Å². The number of hydrogen-bond acceptors (Lipinski definition) is 3. The summed E-state index contributed by atoms with van der Waals surface area (Å²) in [5, 5.41) is 11.0. The molecule has 1 saturated heterocycles. The monoisotopic (exact) mass is 226 g/mol. The van der Waals surface area contributed by atoms with E-state index in [4.69, 9.17) is 11.6 Å². The molecule has 0 radical (unpaired) electrons. The van der Waals surface area contributed by atoms with E-state index in [2.05, 4.69) is 4.90 Å². The number of rotatable bonds is 2. The molecular formula is C10H11ClN2O2. The molecule has 0 amide bonds. The van der Waals surface area contributed by atoms with Crippen LogP contribution in [0.3, 0.4) is 0 Å². The Morgan fingerprint density at radius 1 is 1.33 bits per heavy atom. The SMILES string of the molecule is O=[N+]([O-])c1ccc(N2CCCC2)c(Cl)c1. The van der Waals surface area contributed by atoms with Gasteiger partial charge < -0.3 is 4.90 Å². The first-order chi connectivity index (χ1) is 7.18. The van der Waals surface area contributed by atoms with Gasteiger partial charge in [0.05, 0.1) is 15.6 Å². The molecule has 0 N–H and O–H groups in total. The molecule has 0 unspecified atom stereocenters. The molecule has 0 spiro atoms. The third kappa shape index (κ3) is 2.04. The Hall–Kier alpha value is -1.29. The summed E-state index contributed by atoms with van der Waals surface area (Å²) in [6, 6.07) is 4.64. The Morgan fingerprint density at radius 2 is 2.00 bits per heavy atom. The van der Waals surface area contributed by atoms with Gasteiger partial charge in [-0.2, -0.15) is 0 Å². The quantitative estimate of drug-likeness (QED) is 0.576. The Morgan fingerprint density at radius 3 is 2.53 bits per heavy atom. The lowest BCUT2D eigenvalue weighted by molar-refractivity contribution is -0.384. The summed E-state index contributed by atoms with van der Waals surface area (Å²) < 4.78 is 0. The van der Waals surface area contributed by atoms with Gasteiger partial charge in [0, 0.05) is 25.2 Å². The highest BCUT2D eigenvalue weighted by molar-refractivity contribution is 6.33. The minimum atomic E-state index is -0.431. The van der Waals surface area contributed by atoms with Gasteiger partial charge in [-0.05, 0) is 18.9 Å². The summed E-state index contributed by atoms with van der Waals surface area (Å²) in [6.07, 6.45) is 2.32. The zero-order chi connectivity index (χ0) is 10.8. The second-order valence-corrected chi connectivity index (χ2v) is 3.99. The van der Waals surface area contributed by atoms with E-state index in [1.807, 2.05) is 0 Å². The zero-order valence-corrected chi connectivity index (χ0v) is 8.91. The van der Waals surface area contributed by atoms with Crippen molar-refractivity contribution in [1.82, 2.24) is 0 Å². The Labute approximate surface area is 92.6 Å². The fraction of sp³-hybridized carbons (Fsp3) is 0.400. The predicted molar refractivity (Wildman–Crippen MR) is 59.6 cm³/mol. The van der Waals surface area contributed by atoms with Gasteiger partial charge in [0.15, 0.2) is 0 Å². The molecule has 4 nitrogen and oxygen atoms in total. The number of nitro groups is 1. The van der Waals surface area contributed by atoms with E-state index in [1.165, 1.54) is 12.1 Å². The van der Waals surface area contributed by atoms with Crippen molar-refractivity contribution in [2.45, 2.75) is 12.8 Å². The van der Waals surface area contributed by atoms with E-state index >= 15 is 0 Å². The molecule has 2 rings (SSSR count). The molecule has 80 valence electrons. The van der Waals surface area contributed by atoms with Crippen molar-refractivity contribution in [3.05, 3.63) is 33.3 Å². The first-order valence-electron chi connectivity index (χ1n) is 4.87. The van der Waals surface area contributed by atoms with Crippen LogP contribution in [0.1, 0.15) is 12.8 Å². The molecule has 1 heterocycles. The highest BCUT2D eigenvalue weighted by atomic mass is 35.5. The van der Waals surface area contributed by atoms with Gasteiger partial charge in [-0.3, -0.25) is 10.1 Å². The van der Waals surface area contributed by atoms with Crippen molar-refractivity contribution < 1.29 is 4.92 Å². The van der Waals surface area contributed by atoms with E-state index in [0.717, 1.165) is 31.6 Å². The van der Waals surface area contributed by atoms with Crippen molar-refractivity contribution in [1.29, 1.82) is 0 Å². The Bertz CT molecular complexity index is 389. The topological polar surface area (TPSA) is 46.4 Å². The maximum absolute atomic E-state index is 10.5. The van der Waals surface area contributed by atoms with Gasteiger partial charge in [-0.1, -0.05) is 11.6 Å². The van der Waals surface area contributed by atoms with Gasteiger partial charge in [-0.15, -0.1) is 0 Å². The molecule has 5 heteroatoms. The Balaban J connectivity index is 2.29. The van der Waals surface area contributed by atoms with Crippen molar-refractivity contribution in [2.75, 3.05) is 18.0 Å². The van der Waals surface area contributed by atoms with Crippen LogP contribution in [0.25, 0.3) is 0 Å². The molecule has 1 aromatic carbocycles. The molecule has 0 saturated carbocycles. The number of halogens is 1. The van der Waals surface area contributed by atoms with Crippen LogP contribution in [0.15, 0.2) is 18.2 Å². The van der Waals surface area contributed by atoms with Crippen LogP contribution in [0, 0.1) is 10.1 Å². The fourth-order valence-corrected chi connectivity index (χ4v) is 2.12. The summed E-state index contributed by atoms with van der Waals surface area (Å²) in [6.45, 7) is 1.97. The standard InChI is InChI=1S/C10H11ClN2O2/c11-9-7-8(13(14)15)3-4-10(9)12-5-1-2-6-12/h3-4,7H,1-2,5-6H2. The molecule has 0 aromatic heterocycles. The molecule has 0 bridgehead atoms. The van der Waals surface area contributed by atoms with Gasteiger partial charge in [-0.25, -0.2) is 0 Å². The normalized spacial score (nSPS) is 15.7. The molecule has 0 atom stereocenters. The smallest absolute Gasteiger partial charge is 0.271 e. The summed E-state index contributed by atoms with van der Waals surface area (Å²) in [4.78, 5) is 12.2. The van der Waals surface area contributed by atoms with Gasteiger partial charge in [0.2, 0.25) is 0 Å². The summed E-state index contributed by atoms with van der Waals surface area (Å²) >= 11 is 6.01. The van der Waals surface area contributed by atoms with Crippen molar-refractivity contribution in [2.24, 2.45) is 0 Å². The summed E-state index contributed by atoms with van der Waals surface area (Å²) in [5.74, 6) is 0. The average Bonchev–Trinajstić information content (AvgIpc) is 2.70. The van der Waals surface area contributed by atoms with E-state index in [-0.39, 0.29) is 5.69 Å². The molecule has 1 fully saturated rings. The predicted octanol–water partition coefficient (Wildman–Crippen LogP) is 2.85. The molecule has 1 aliphatic rings. The van der Waals surface area contributed by atoms with Crippen LogP contribution >= 0.6 is 11.6 Å². The van der Waals surface area contributed by atoms with Crippen LogP contribution in [0.5, 0.6) is 0 Å². The maximum atomic E-state index is 10.5. The van der Waals surface area contributed by atoms with E-state index < -0.39 is 4.92 Å². The van der Waals surface area contributed by atoms with E-state index in [0.29, 0.717) is 5.02 Å². The number of non-ortho nitro benzene ring substituents is 1. The number of nitro benzene ring substituents is 1. The second kappa shape index (κ2) is 4.06. The lowest BCUT2D eigenvalue weighted by Gasteiger charge is -2.18.